The third kappa shape index (κ3) is 1.96. The van der Waals surface area contributed by atoms with Gasteiger partial charge in [0.1, 0.15) is 5.82 Å². The Bertz CT molecular complexity index is 699. The SMILES string of the molecule is O=c1cc(-c2ccc[nH]2)nc(-c2ccccc2)[nH]1. The number of aromatic amines is 2. The Balaban J connectivity index is 2.15. The fraction of sp³-hybridized carbons (Fsp3) is 0. The Morgan fingerprint density at radius 3 is 2.56 bits per heavy atom. The Morgan fingerprint density at radius 1 is 1.00 bits per heavy atom. The largest absolute Gasteiger partial charge is 0.360 e. The molecule has 18 heavy (non-hydrogen) atoms. The van der Waals surface area contributed by atoms with Crippen molar-refractivity contribution < 1.29 is 0 Å². The molecule has 3 rings (SSSR count). The number of hydrogen-bond acceptors (Lipinski definition) is 2. The van der Waals surface area contributed by atoms with Crippen molar-refractivity contribution in [3.8, 4) is 22.8 Å². The molecule has 1 aromatic carbocycles. The summed E-state index contributed by atoms with van der Waals surface area (Å²) in [6.07, 6.45) is 1.81. The summed E-state index contributed by atoms with van der Waals surface area (Å²) in [5.41, 5.74) is 2.21. The molecule has 0 unspecified atom stereocenters. The van der Waals surface area contributed by atoms with E-state index in [1.54, 1.807) is 6.20 Å². The minimum absolute atomic E-state index is 0.159. The number of nitrogens with one attached hydrogen (secondary N) is 2. The first-order valence-corrected chi connectivity index (χ1v) is 5.63. The molecule has 0 saturated carbocycles. The molecule has 0 saturated heterocycles. The van der Waals surface area contributed by atoms with E-state index in [1.807, 2.05) is 42.5 Å². The van der Waals surface area contributed by atoms with Crippen LogP contribution in [-0.4, -0.2) is 15.0 Å². The van der Waals surface area contributed by atoms with E-state index in [1.165, 1.54) is 6.07 Å². The summed E-state index contributed by atoms with van der Waals surface area (Å²) >= 11 is 0. The topological polar surface area (TPSA) is 61.5 Å². The number of aromatic nitrogens is 3. The lowest BCUT2D eigenvalue weighted by Crippen LogP contribution is -2.08. The molecule has 0 aliphatic heterocycles. The second kappa shape index (κ2) is 4.33. The second-order valence-electron chi connectivity index (χ2n) is 3.93. The monoisotopic (exact) mass is 237 g/mol. The highest BCUT2D eigenvalue weighted by Gasteiger charge is 2.05. The van der Waals surface area contributed by atoms with Crippen molar-refractivity contribution in [2.75, 3.05) is 0 Å². The van der Waals surface area contributed by atoms with Crippen LogP contribution in [0.2, 0.25) is 0 Å². The van der Waals surface area contributed by atoms with Gasteiger partial charge in [0.25, 0.3) is 5.56 Å². The van der Waals surface area contributed by atoms with E-state index in [2.05, 4.69) is 15.0 Å². The Labute approximate surface area is 103 Å². The maximum Gasteiger partial charge on any atom is 0.251 e. The second-order valence-corrected chi connectivity index (χ2v) is 3.93. The summed E-state index contributed by atoms with van der Waals surface area (Å²) in [5, 5.41) is 0. The number of hydrogen-bond donors (Lipinski definition) is 2. The molecule has 4 heteroatoms. The molecule has 3 aromatic rings. The van der Waals surface area contributed by atoms with Gasteiger partial charge < -0.3 is 9.97 Å². The molecule has 0 spiro atoms. The van der Waals surface area contributed by atoms with Crippen LogP contribution in [0.25, 0.3) is 22.8 Å². The van der Waals surface area contributed by atoms with Crippen LogP contribution in [0.15, 0.2) is 59.5 Å². The summed E-state index contributed by atoms with van der Waals surface area (Å²) < 4.78 is 0. The molecule has 2 aromatic heterocycles. The van der Waals surface area contributed by atoms with Gasteiger partial charge in [-0.1, -0.05) is 30.3 Å². The zero-order valence-electron chi connectivity index (χ0n) is 9.55. The maximum absolute atomic E-state index is 11.7. The first-order chi connectivity index (χ1) is 8.83. The third-order valence-corrected chi connectivity index (χ3v) is 2.66. The molecule has 0 fully saturated rings. The summed E-state index contributed by atoms with van der Waals surface area (Å²) in [4.78, 5) is 21.9. The minimum atomic E-state index is -0.159. The van der Waals surface area contributed by atoms with Crippen molar-refractivity contribution in [3.63, 3.8) is 0 Å². The summed E-state index contributed by atoms with van der Waals surface area (Å²) in [6.45, 7) is 0. The van der Waals surface area contributed by atoms with Crippen molar-refractivity contribution in [3.05, 3.63) is 65.1 Å². The number of benzene rings is 1. The zero-order chi connectivity index (χ0) is 12.4. The van der Waals surface area contributed by atoms with Gasteiger partial charge in [-0.15, -0.1) is 0 Å². The Kier molecular flexibility index (Phi) is 2.53. The average Bonchev–Trinajstić information content (AvgIpc) is 2.93. The fourth-order valence-corrected chi connectivity index (χ4v) is 1.82. The first kappa shape index (κ1) is 10.5. The zero-order valence-corrected chi connectivity index (χ0v) is 9.55. The molecule has 0 aliphatic carbocycles. The van der Waals surface area contributed by atoms with Crippen molar-refractivity contribution in [2.24, 2.45) is 0 Å². The van der Waals surface area contributed by atoms with Crippen LogP contribution in [0.5, 0.6) is 0 Å². The molecule has 0 amide bonds. The smallest absolute Gasteiger partial charge is 0.251 e. The van der Waals surface area contributed by atoms with Gasteiger partial charge in [-0.2, -0.15) is 0 Å². The van der Waals surface area contributed by atoms with E-state index in [9.17, 15) is 4.79 Å². The summed E-state index contributed by atoms with van der Waals surface area (Å²) in [5.74, 6) is 0.577. The quantitative estimate of drug-likeness (QED) is 0.719. The maximum atomic E-state index is 11.7. The highest BCUT2D eigenvalue weighted by atomic mass is 16.1. The number of H-pyrrole nitrogens is 2. The van der Waals surface area contributed by atoms with Crippen LogP contribution < -0.4 is 5.56 Å². The van der Waals surface area contributed by atoms with E-state index < -0.39 is 0 Å². The Hall–Kier alpha value is -2.62. The predicted octanol–water partition coefficient (Wildman–Crippen LogP) is 2.43. The first-order valence-electron chi connectivity index (χ1n) is 5.63. The van der Waals surface area contributed by atoms with Gasteiger partial charge in [-0.25, -0.2) is 4.98 Å². The van der Waals surface area contributed by atoms with E-state index >= 15 is 0 Å². The molecule has 0 atom stereocenters. The molecule has 0 radical (unpaired) electrons. The highest BCUT2D eigenvalue weighted by molar-refractivity contribution is 5.60. The lowest BCUT2D eigenvalue weighted by Gasteiger charge is -2.03. The van der Waals surface area contributed by atoms with Gasteiger partial charge in [0.15, 0.2) is 0 Å². The molecule has 0 bridgehead atoms. The normalized spacial score (nSPS) is 10.4. The molecular formula is C14H11N3O. The molecule has 2 heterocycles. The molecule has 2 N–H and O–H groups in total. The molecule has 4 nitrogen and oxygen atoms in total. The van der Waals surface area contributed by atoms with Crippen LogP contribution in [-0.2, 0) is 0 Å². The van der Waals surface area contributed by atoms with Crippen molar-refractivity contribution in [1.82, 2.24) is 15.0 Å². The van der Waals surface area contributed by atoms with E-state index in [0.29, 0.717) is 11.5 Å². The molecular weight excluding hydrogens is 226 g/mol. The molecule has 88 valence electrons. The number of rotatable bonds is 2. The number of nitrogens with zero attached hydrogens (tertiary/aromatic N) is 1. The van der Waals surface area contributed by atoms with E-state index in [-0.39, 0.29) is 5.56 Å². The van der Waals surface area contributed by atoms with Crippen molar-refractivity contribution in [2.45, 2.75) is 0 Å². The highest BCUT2D eigenvalue weighted by Crippen LogP contribution is 2.17. The van der Waals surface area contributed by atoms with Gasteiger partial charge in [0.05, 0.1) is 11.4 Å². The van der Waals surface area contributed by atoms with Gasteiger partial charge in [-0.05, 0) is 12.1 Å². The van der Waals surface area contributed by atoms with Crippen LogP contribution in [0, 0.1) is 0 Å². The van der Waals surface area contributed by atoms with Crippen LogP contribution in [0.4, 0.5) is 0 Å². The molecule has 0 aliphatic rings. The third-order valence-electron chi connectivity index (χ3n) is 2.66. The fourth-order valence-electron chi connectivity index (χ4n) is 1.82. The van der Waals surface area contributed by atoms with Gasteiger partial charge in [-0.3, -0.25) is 4.79 Å². The van der Waals surface area contributed by atoms with Crippen LogP contribution in [0.3, 0.4) is 0 Å². The van der Waals surface area contributed by atoms with Crippen LogP contribution >= 0.6 is 0 Å². The van der Waals surface area contributed by atoms with Gasteiger partial charge in [0, 0.05) is 17.8 Å². The standard InChI is InChI=1S/C14H11N3O/c18-13-9-12(11-7-4-8-15-11)16-14(17-13)10-5-2-1-3-6-10/h1-9,15H,(H,16,17,18). The van der Waals surface area contributed by atoms with Crippen LogP contribution in [0.1, 0.15) is 0 Å². The lowest BCUT2D eigenvalue weighted by molar-refractivity contribution is 1.12. The van der Waals surface area contributed by atoms with Crippen molar-refractivity contribution in [1.29, 1.82) is 0 Å². The van der Waals surface area contributed by atoms with E-state index in [4.69, 9.17) is 0 Å². The Morgan fingerprint density at radius 2 is 1.83 bits per heavy atom. The summed E-state index contributed by atoms with van der Waals surface area (Å²) in [6, 6.07) is 14.8. The summed E-state index contributed by atoms with van der Waals surface area (Å²) in [7, 11) is 0. The van der Waals surface area contributed by atoms with Gasteiger partial charge >= 0.3 is 0 Å². The van der Waals surface area contributed by atoms with Gasteiger partial charge in [0.2, 0.25) is 0 Å². The van der Waals surface area contributed by atoms with Crippen molar-refractivity contribution >= 4 is 0 Å². The predicted molar refractivity (Wildman–Crippen MR) is 70.1 cm³/mol. The minimum Gasteiger partial charge on any atom is -0.360 e. The average molecular weight is 237 g/mol. The van der Waals surface area contributed by atoms with E-state index in [0.717, 1.165) is 11.3 Å². The lowest BCUT2D eigenvalue weighted by atomic mass is 10.2.